The number of carbonyl (C=O) groups excluding carboxylic acids is 2. The minimum atomic E-state index is -4.57. The second-order valence-electron chi connectivity index (χ2n) is 8.37. The predicted molar refractivity (Wildman–Crippen MR) is 127 cm³/mol. The van der Waals surface area contributed by atoms with Gasteiger partial charge in [0.2, 0.25) is 0 Å². The normalized spacial score (nSPS) is 14.9. The Morgan fingerprint density at radius 3 is 1.88 bits per heavy atom. The molecule has 0 spiro atoms. The van der Waals surface area contributed by atoms with Crippen LogP contribution in [0.15, 0.2) is 0 Å². The van der Waals surface area contributed by atoms with Gasteiger partial charge in [0.25, 0.3) is 0 Å². The van der Waals surface area contributed by atoms with Crippen LogP contribution in [0.3, 0.4) is 0 Å². The SMILES string of the molecule is CCCCCCCCCCC(=O)OC[C@H](COP(=O)(O)OC[C@@H](O)CO)OC(=O)CCCCC. The Hall–Kier alpha value is -1.03. The Morgan fingerprint density at radius 1 is 0.765 bits per heavy atom. The second kappa shape index (κ2) is 21.3. The van der Waals surface area contributed by atoms with Crippen LogP contribution in [0.4, 0.5) is 0 Å². The zero-order valence-electron chi connectivity index (χ0n) is 20.8. The lowest BCUT2D eigenvalue weighted by Gasteiger charge is -2.20. The van der Waals surface area contributed by atoms with Crippen molar-refractivity contribution in [3.8, 4) is 0 Å². The van der Waals surface area contributed by atoms with Gasteiger partial charge in [0, 0.05) is 12.8 Å². The first-order valence-corrected chi connectivity index (χ1v) is 14.0. The van der Waals surface area contributed by atoms with Crippen molar-refractivity contribution < 1.29 is 47.8 Å². The van der Waals surface area contributed by atoms with Crippen molar-refractivity contribution in [2.75, 3.05) is 26.4 Å². The molecular formula is C23H45O10P. The molecule has 0 fully saturated rings. The van der Waals surface area contributed by atoms with Gasteiger partial charge in [-0.1, -0.05) is 71.6 Å². The van der Waals surface area contributed by atoms with E-state index in [2.05, 4.69) is 11.4 Å². The third kappa shape index (κ3) is 20.4. The number of hydrogen-bond donors (Lipinski definition) is 3. The Morgan fingerprint density at radius 2 is 1.26 bits per heavy atom. The molecule has 11 heteroatoms. The predicted octanol–water partition coefficient (Wildman–Crippen LogP) is 4.04. The molecule has 3 N–H and O–H groups in total. The molecule has 3 atom stereocenters. The summed E-state index contributed by atoms with van der Waals surface area (Å²) in [5.41, 5.74) is 0. The molecule has 0 aromatic rings. The molecule has 0 aromatic carbocycles. The minimum Gasteiger partial charge on any atom is -0.462 e. The van der Waals surface area contributed by atoms with Gasteiger partial charge in [-0.05, 0) is 12.8 Å². The van der Waals surface area contributed by atoms with E-state index in [1.54, 1.807) is 0 Å². The number of carbonyl (C=O) groups is 2. The van der Waals surface area contributed by atoms with E-state index in [9.17, 15) is 24.2 Å². The third-order valence-electron chi connectivity index (χ3n) is 5.01. The van der Waals surface area contributed by atoms with Crippen LogP contribution in [-0.4, -0.2) is 65.7 Å². The molecule has 0 aliphatic rings. The molecule has 0 bridgehead atoms. The summed E-state index contributed by atoms with van der Waals surface area (Å²) < 4.78 is 31.8. The Balaban J connectivity index is 4.46. The van der Waals surface area contributed by atoms with Crippen LogP contribution in [0.25, 0.3) is 0 Å². The van der Waals surface area contributed by atoms with E-state index in [1.807, 2.05) is 6.92 Å². The largest absolute Gasteiger partial charge is 0.472 e. The first-order valence-electron chi connectivity index (χ1n) is 12.5. The number of phosphoric ester groups is 1. The summed E-state index contributed by atoms with van der Waals surface area (Å²) in [6.45, 7) is 2.07. The number of unbranched alkanes of at least 4 members (excludes halogenated alkanes) is 9. The molecule has 0 amide bonds. The standard InChI is InChI=1S/C23H45O10P/c1-3-5-7-8-9-10-11-13-14-22(26)30-18-21(33-23(27)15-12-6-4-2)19-32-34(28,29)31-17-20(25)16-24/h20-21,24-25H,3-19H2,1-2H3,(H,28,29)/t20-,21+/m0/s1. The Bertz CT molecular complexity index is 572. The average molecular weight is 513 g/mol. The van der Waals surface area contributed by atoms with Gasteiger partial charge in [-0.25, -0.2) is 4.57 Å². The first kappa shape index (κ1) is 33.0. The highest BCUT2D eigenvalue weighted by atomic mass is 31.2. The lowest BCUT2D eigenvalue weighted by atomic mass is 10.1. The Labute approximate surface area is 203 Å². The highest BCUT2D eigenvalue weighted by Gasteiger charge is 2.27. The van der Waals surface area contributed by atoms with Crippen molar-refractivity contribution in [1.82, 2.24) is 0 Å². The summed E-state index contributed by atoms with van der Waals surface area (Å²) in [6, 6.07) is 0. The zero-order valence-corrected chi connectivity index (χ0v) is 21.7. The van der Waals surface area contributed by atoms with Crippen LogP contribution >= 0.6 is 7.82 Å². The molecule has 1 unspecified atom stereocenters. The van der Waals surface area contributed by atoms with Crippen LogP contribution in [0.2, 0.25) is 0 Å². The third-order valence-corrected chi connectivity index (χ3v) is 5.96. The molecule has 34 heavy (non-hydrogen) atoms. The molecule has 0 saturated carbocycles. The van der Waals surface area contributed by atoms with Gasteiger partial charge in [0.05, 0.1) is 19.8 Å². The molecule has 10 nitrogen and oxygen atoms in total. The number of aliphatic hydroxyl groups is 2. The van der Waals surface area contributed by atoms with Crippen LogP contribution in [0.5, 0.6) is 0 Å². The smallest absolute Gasteiger partial charge is 0.462 e. The fourth-order valence-corrected chi connectivity index (χ4v) is 3.78. The maximum Gasteiger partial charge on any atom is 0.472 e. The van der Waals surface area contributed by atoms with Crippen molar-refractivity contribution in [2.24, 2.45) is 0 Å². The van der Waals surface area contributed by atoms with Crippen molar-refractivity contribution in [2.45, 2.75) is 110 Å². The fourth-order valence-electron chi connectivity index (χ4n) is 2.99. The van der Waals surface area contributed by atoms with Crippen molar-refractivity contribution in [3.63, 3.8) is 0 Å². The molecule has 0 rings (SSSR count). The Kier molecular flexibility index (Phi) is 20.6. The van der Waals surface area contributed by atoms with Gasteiger partial charge in [-0.2, -0.15) is 0 Å². The summed E-state index contributed by atoms with van der Waals surface area (Å²) in [5.74, 6) is -0.960. The van der Waals surface area contributed by atoms with Gasteiger partial charge in [0.15, 0.2) is 6.10 Å². The fraction of sp³-hybridized carbons (Fsp3) is 0.913. The van der Waals surface area contributed by atoms with Crippen LogP contribution in [-0.2, 0) is 32.7 Å². The van der Waals surface area contributed by atoms with E-state index in [-0.39, 0.29) is 19.4 Å². The van der Waals surface area contributed by atoms with Crippen LogP contribution in [0.1, 0.15) is 97.3 Å². The summed E-state index contributed by atoms with van der Waals surface area (Å²) in [6.07, 6.45) is 9.21. The lowest BCUT2D eigenvalue weighted by Crippen LogP contribution is -2.29. The number of ether oxygens (including phenoxy) is 2. The summed E-state index contributed by atoms with van der Waals surface area (Å²) in [7, 11) is -4.57. The number of esters is 2. The van der Waals surface area contributed by atoms with Crippen LogP contribution in [0, 0.1) is 0 Å². The molecule has 0 aliphatic carbocycles. The summed E-state index contributed by atoms with van der Waals surface area (Å²) >= 11 is 0. The van der Waals surface area contributed by atoms with E-state index in [1.165, 1.54) is 25.7 Å². The summed E-state index contributed by atoms with van der Waals surface area (Å²) in [5, 5.41) is 18.0. The maximum atomic E-state index is 12.0. The number of phosphoric acid groups is 1. The highest BCUT2D eigenvalue weighted by Crippen LogP contribution is 2.43. The molecule has 0 radical (unpaired) electrons. The topological polar surface area (TPSA) is 149 Å². The van der Waals surface area contributed by atoms with Crippen molar-refractivity contribution >= 4 is 19.8 Å². The molecule has 0 saturated heterocycles. The zero-order chi connectivity index (χ0) is 25.7. The molecule has 0 heterocycles. The van der Waals surface area contributed by atoms with Crippen molar-refractivity contribution in [3.05, 3.63) is 0 Å². The van der Waals surface area contributed by atoms with Gasteiger partial charge < -0.3 is 24.6 Å². The van der Waals surface area contributed by atoms with Gasteiger partial charge in [0.1, 0.15) is 12.7 Å². The van der Waals surface area contributed by atoms with Gasteiger partial charge in [-0.3, -0.25) is 18.6 Å². The van der Waals surface area contributed by atoms with E-state index in [0.717, 1.165) is 32.1 Å². The van der Waals surface area contributed by atoms with E-state index in [4.69, 9.17) is 19.1 Å². The second-order valence-corrected chi connectivity index (χ2v) is 9.83. The van der Waals surface area contributed by atoms with E-state index < -0.39 is 51.8 Å². The molecular weight excluding hydrogens is 467 g/mol. The summed E-state index contributed by atoms with van der Waals surface area (Å²) in [4.78, 5) is 33.8. The number of aliphatic hydroxyl groups excluding tert-OH is 2. The quantitative estimate of drug-likeness (QED) is 0.104. The first-order chi connectivity index (χ1) is 16.2. The lowest BCUT2D eigenvalue weighted by molar-refractivity contribution is -0.161. The highest BCUT2D eigenvalue weighted by molar-refractivity contribution is 7.47. The molecule has 0 aliphatic heterocycles. The molecule has 0 aromatic heterocycles. The maximum absolute atomic E-state index is 12.0. The van der Waals surface area contributed by atoms with Crippen LogP contribution < -0.4 is 0 Å². The van der Waals surface area contributed by atoms with Crippen molar-refractivity contribution in [1.29, 1.82) is 0 Å². The average Bonchev–Trinajstić information content (AvgIpc) is 2.81. The molecule has 202 valence electrons. The number of hydrogen-bond acceptors (Lipinski definition) is 9. The van der Waals surface area contributed by atoms with E-state index in [0.29, 0.717) is 12.8 Å². The van der Waals surface area contributed by atoms with Gasteiger partial charge in [-0.15, -0.1) is 0 Å². The minimum absolute atomic E-state index is 0.173. The van der Waals surface area contributed by atoms with E-state index >= 15 is 0 Å². The van der Waals surface area contributed by atoms with Gasteiger partial charge >= 0.3 is 19.8 Å². The number of rotatable bonds is 23. The monoisotopic (exact) mass is 512 g/mol.